The molecule has 0 radical (unpaired) electrons. The predicted molar refractivity (Wildman–Crippen MR) is 64.7 cm³/mol. The first-order valence-electron chi connectivity index (χ1n) is 6.86. The Labute approximate surface area is 107 Å². The van der Waals surface area contributed by atoms with Gasteiger partial charge >= 0.3 is 5.97 Å². The molecule has 3 aliphatic rings. The Kier molecular flexibility index (Phi) is 1.79. The summed E-state index contributed by atoms with van der Waals surface area (Å²) in [4.78, 5) is 11.7. The zero-order valence-electron chi connectivity index (χ0n) is 11.1. The quantitative estimate of drug-likeness (QED) is 0.591. The van der Waals surface area contributed by atoms with Gasteiger partial charge in [-0.05, 0) is 23.6 Å². The number of esters is 1. The van der Waals surface area contributed by atoms with E-state index in [0.29, 0.717) is 6.61 Å². The van der Waals surface area contributed by atoms with Crippen LogP contribution in [0.3, 0.4) is 0 Å². The summed E-state index contributed by atoms with van der Waals surface area (Å²) in [5.74, 6) is -0.0658. The maximum atomic E-state index is 11.7. The van der Waals surface area contributed by atoms with Gasteiger partial charge in [-0.2, -0.15) is 0 Å². The summed E-state index contributed by atoms with van der Waals surface area (Å²) in [6.07, 6.45) is 0.0759. The van der Waals surface area contributed by atoms with Gasteiger partial charge in [-0.3, -0.25) is 0 Å². The number of carbonyl (C=O) groups excluding carboxylic acids is 1. The van der Waals surface area contributed by atoms with Crippen molar-refractivity contribution in [3.63, 3.8) is 0 Å². The van der Waals surface area contributed by atoms with E-state index in [1.165, 1.54) is 11.1 Å². The number of ether oxygens (including phenoxy) is 2. The van der Waals surface area contributed by atoms with Gasteiger partial charge in [0.05, 0.1) is 20.2 Å². The van der Waals surface area contributed by atoms with Crippen molar-refractivity contribution in [2.45, 2.75) is 19.1 Å². The van der Waals surface area contributed by atoms with Crippen LogP contribution in [0.4, 0.5) is 0 Å². The molecule has 2 fully saturated rings. The Balaban J connectivity index is 1.69. The van der Waals surface area contributed by atoms with Gasteiger partial charge in [0.15, 0.2) is 0 Å². The molecule has 1 saturated carbocycles. The van der Waals surface area contributed by atoms with Crippen LogP contribution < -0.4 is 0 Å². The lowest BCUT2D eigenvalue weighted by atomic mass is 9.92. The van der Waals surface area contributed by atoms with Crippen molar-refractivity contribution in [1.29, 1.82) is 0 Å². The molecule has 3 heteroatoms. The first-order chi connectivity index (χ1) is 9.24. The molecule has 0 aromatic heterocycles. The van der Waals surface area contributed by atoms with E-state index >= 15 is 0 Å². The molecule has 2 aliphatic heterocycles. The van der Waals surface area contributed by atoms with Gasteiger partial charge in [-0.25, -0.2) is 4.79 Å². The number of benzene rings is 1. The normalized spacial score (nSPS) is 37.7. The Hall–Kier alpha value is -1.61. The molecule has 0 amide bonds. The zero-order valence-corrected chi connectivity index (χ0v) is 10.1. The van der Waals surface area contributed by atoms with E-state index in [-0.39, 0.29) is 30.1 Å². The number of rotatable bonds is 2. The second-order valence-corrected chi connectivity index (χ2v) is 4.96. The maximum Gasteiger partial charge on any atom is 0.330 e. The van der Waals surface area contributed by atoms with Crippen LogP contribution in [0.1, 0.15) is 31.6 Å². The molecule has 4 rings (SSSR count). The van der Waals surface area contributed by atoms with E-state index < -0.39 is 5.97 Å². The van der Waals surface area contributed by atoms with Crippen LogP contribution in [0.2, 0.25) is 0 Å². The number of fused-ring (bicyclic) bond motifs is 8. The molecule has 1 saturated heterocycles. The lowest BCUT2D eigenvalue weighted by molar-refractivity contribution is -0.137. The largest absolute Gasteiger partial charge is 0.463 e. The van der Waals surface area contributed by atoms with Gasteiger partial charge in [0, 0.05) is 17.9 Å². The highest BCUT2D eigenvalue weighted by molar-refractivity contribution is 5.84. The molecular weight excluding hydrogens is 228 g/mol. The summed E-state index contributed by atoms with van der Waals surface area (Å²) in [5.41, 5.74) is 3.37. The molecule has 1 aromatic carbocycles. The monoisotopic (exact) mass is 243 g/mol. The lowest BCUT2D eigenvalue weighted by Crippen LogP contribution is -2.01. The van der Waals surface area contributed by atoms with Crippen molar-refractivity contribution in [2.24, 2.45) is 11.8 Å². The van der Waals surface area contributed by atoms with Gasteiger partial charge in [0.1, 0.15) is 0 Å². The average Bonchev–Trinajstić information content (AvgIpc) is 2.90. The highest BCUT2D eigenvalue weighted by Crippen LogP contribution is 2.72. The third kappa shape index (κ3) is 1.20. The van der Waals surface area contributed by atoms with Crippen molar-refractivity contribution in [1.82, 2.24) is 0 Å². The summed E-state index contributed by atoms with van der Waals surface area (Å²) < 4.78 is 18.8. The van der Waals surface area contributed by atoms with Crippen molar-refractivity contribution < 1.29 is 15.6 Å². The summed E-state index contributed by atoms with van der Waals surface area (Å²) in [7, 11) is 0. The van der Waals surface area contributed by atoms with Crippen LogP contribution in [0.15, 0.2) is 35.9 Å². The van der Waals surface area contributed by atoms with E-state index in [0.717, 1.165) is 5.57 Å². The number of hydrogen-bond donors (Lipinski definition) is 0. The van der Waals surface area contributed by atoms with Crippen molar-refractivity contribution >= 4 is 5.97 Å². The second-order valence-electron chi connectivity index (χ2n) is 4.96. The molecule has 18 heavy (non-hydrogen) atoms. The Bertz CT molecular complexity index is 570. The zero-order chi connectivity index (χ0) is 13.1. The summed E-state index contributed by atoms with van der Waals surface area (Å²) >= 11 is 0. The number of hydrogen-bond acceptors (Lipinski definition) is 3. The van der Waals surface area contributed by atoms with Crippen molar-refractivity contribution in [3.05, 3.63) is 47.0 Å². The Morgan fingerprint density at radius 3 is 2.56 bits per heavy atom. The molecule has 1 unspecified atom stereocenters. The molecule has 4 atom stereocenters. The Morgan fingerprint density at radius 1 is 1.39 bits per heavy atom. The highest BCUT2D eigenvalue weighted by Gasteiger charge is 2.65. The van der Waals surface area contributed by atoms with Gasteiger partial charge in [0.2, 0.25) is 0 Å². The van der Waals surface area contributed by atoms with E-state index in [2.05, 4.69) is 12.1 Å². The molecule has 1 aromatic rings. The maximum absolute atomic E-state index is 11.7. The average molecular weight is 243 g/mol. The van der Waals surface area contributed by atoms with Gasteiger partial charge in [0.25, 0.3) is 0 Å². The topological polar surface area (TPSA) is 35.5 Å². The fourth-order valence-corrected chi connectivity index (χ4v) is 3.35. The lowest BCUT2D eigenvalue weighted by Gasteiger charge is -2.08. The van der Waals surface area contributed by atoms with E-state index in [1.807, 2.05) is 12.1 Å². The molecule has 2 heterocycles. The van der Waals surface area contributed by atoms with Crippen LogP contribution in [0.25, 0.3) is 0 Å². The smallest absolute Gasteiger partial charge is 0.330 e. The van der Waals surface area contributed by atoms with Crippen LogP contribution in [-0.2, 0) is 14.3 Å². The number of carbonyl (C=O) groups is 1. The second kappa shape index (κ2) is 3.45. The SMILES string of the molecule is [2H]C(C(=O)OCC)=C1C2[C@@H]3O[C@@H](c4ccccc43)[C@H]12. The van der Waals surface area contributed by atoms with Crippen LogP contribution in [-0.4, -0.2) is 12.6 Å². The van der Waals surface area contributed by atoms with E-state index in [9.17, 15) is 4.79 Å². The highest BCUT2D eigenvalue weighted by atomic mass is 16.5. The van der Waals surface area contributed by atoms with Gasteiger partial charge in [-0.1, -0.05) is 24.3 Å². The van der Waals surface area contributed by atoms with Crippen LogP contribution in [0, 0.1) is 11.8 Å². The first-order valence-corrected chi connectivity index (χ1v) is 6.36. The van der Waals surface area contributed by atoms with E-state index in [4.69, 9.17) is 10.8 Å². The molecule has 0 spiro atoms. The predicted octanol–water partition coefficient (Wildman–Crippen LogP) is 2.55. The molecule has 3 nitrogen and oxygen atoms in total. The summed E-state index contributed by atoms with van der Waals surface area (Å²) in [6.45, 7) is 2.07. The van der Waals surface area contributed by atoms with E-state index in [1.54, 1.807) is 6.92 Å². The van der Waals surface area contributed by atoms with Gasteiger partial charge < -0.3 is 9.47 Å². The van der Waals surface area contributed by atoms with Crippen molar-refractivity contribution in [2.75, 3.05) is 6.61 Å². The molecular formula is C15H14O3. The fourth-order valence-electron chi connectivity index (χ4n) is 3.35. The first kappa shape index (κ1) is 9.34. The van der Waals surface area contributed by atoms with Crippen LogP contribution in [0.5, 0.6) is 0 Å². The minimum atomic E-state index is -0.504. The minimum Gasteiger partial charge on any atom is -0.463 e. The third-order valence-corrected chi connectivity index (χ3v) is 4.07. The molecule has 2 bridgehead atoms. The molecule has 92 valence electrons. The van der Waals surface area contributed by atoms with Crippen molar-refractivity contribution in [3.8, 4) is 0 Å². The molecule has 1 aliphatic carbocycles. The third-order valence-electron chi connectivity index (χ3n) is 4.07. The summed E-state index contributed by atoms with van der Waals surface area (Å²) in [5, 5.41) is 0. The van der Waals surface area contributed by atoms with Gasteiger partial charge in [-0.15, -0.1) is 0 Å². The minimum absolute atomic E-state index is 0.0379. The fraction of sp³-hybridized carbons (Fsp3) is 0.400. The Morgan fingerprint density at radius 2 is 2.00 bits per heavy atom. The van der Waals surface area contributed by atoms with Crippen LogP contribution >= 0.6 is 0 Å². The standard InChI is InChI=1S/C15H14O3/c1-2-17-11(16)7-10-12-13(10)15-9-6-4-3-5-8(9)14(12)18-15/h3-7,12-15H,2H2,1H3/t12-,13?,14+,15-/m1/s1/i7D. The summed E-state index contributed by atoms with van der Waals surface area (Å²) in [6, 6.07) is 8.23. The molecule has 0 N–H and O–H groups in total.